The predicted molar refractivity (Wildman–Crippen MR) is 142 cm³/mol. The summed E-state index contributed by atoms with van der Waals surface area (Å²) in [5.41, 5.74) is 2.15. The molecule has 0 bridgehead atoms. The molecule has 0 spiro atoms. The quantitative estimate of drug-likeness (QED) is 0.377. The number of esters is 1. The maximum absolute atomic E-state index is 13.3. The number of hydrogen-bond donors (Lipinski definition) is 0. The van der Waals surface area contributed by atoms with Gasteiger partial charge in [0.1, 0.15) is 5.75 Å². The molecule has 36 heavy (non-hydrogen) atoms. The molecular formula is C32H43NO3. The summed E-state index contributed by atoms with van der Waals surface area (Å²) in [7, 11) is 2.12. The Kier molecular flexibility index (Phi) is 6.35. The number of carbonyl (C=O) groups is 1. The highest BCUT2D eigenvalue weighted by Gasteiger charge is 2.64. The Balaban J connectivity index is 1.19. The average Bonchev–Trinajstić information content (AvgIpc) is 3.50. The minimum absolute atomic E-state index is 0.00683. The second-order valence-corrected chi connectivity index (χ2v) is 12.8. The lowest BCUT2D eigenvalue weighted by Gasteiger charge is -2.53. The van der Waals surface area contributed by atoms with E-state index in [2.05, 4.69) is 43.0 Å². The molecule has 4 aliphatic carbocycles. The van der Waals surface area contributed by atoms with Crippen molar-refractivity contribution in [3.63, 3.8) is 0 Å². The SMILES string of the molecule is C#CC1(OC(=O)C2CCN(C)CC2)CC[C@H]2[C@@H]3CCc4cc(OC5CCCC5)ccc4[C@H]3CC[C@@]21C. The van der Waals surface area contributed by atoms with Gasteiger partial charge in [-0.2, -0.15) is 0 Å². The highest BCUT2D eigenvalue weighted by Crippen LogP contribution is 2.65. The molecule has 1 aromatic rings. The molecule has 3 saturated carbocycles. The highest BCUT2D eigenvalue weighted by atomic mass is 16.6. The summed E-state index contributed by atoms with van der Waals surface area (Å²) < 4.78 is 12.7. The van der Waals surface area contributed by atoms with Crippen molar-refractivity contribution < 1.29 is 14.3 Å². The number of terminal acetylenes is 1. The Morgan fingerprint density at radius 3 is 2.58 bits per heavy atom. The second kappa shape index (κ2) is 9.39. The molecule has 0 N–H and O–H groups in total. The van der Waals surface area contributed by atoms with Crippen LogP contribution in [0.1, 0.15) is 94.6 Å². The molecule has 6 rings (SSSR count). The fraction of sp³-hybridized carbons (Fsp3) is 0.719. The molecule has 1 aliphatic heterocycles. The number of nitrogens with zero attached hydrogens (tertiary/aromatic N) is 1. The number of aryl methyl sites for hydroxylation is 1. The number of piperidine rings is 1. The summed E-state index contributed by atoms with van der Waals surface area (Å²) in [6.45, 7) is 4.26. The molecule has 1 heterocycles. The summed E-state index contributed by atoms with van der Waals surface area (Å²) in [6.07, 6.45) is 19.7. The molecule has 4 fully saturated rings. The lowest BCUT2D eigenvalue weighted by Crippen LogP contribution is -2.53. The van der Waals surface area contributed by atoms with E-state index in [1.54, 1.807) is 0 Å². The number of carbonyl (C=O) groups excluding carboxylic acids is 1. The minimum Gasteiger partial charge on any atom is -0.490 e. The first-order valence-electron chi connectivity index (χ1n) is 14.6. The zero-order valence-electron chi connectivity index (χ0n) is 22.3. The van der Waals surface area contributed by atoms with E-state index in [0.29, 0.717) is 23.9 Å². The number of hydrogen-bond acceptors (Lipinski definition) is 4. The van der Waals surface area contributed by atoms with Crippen LogP contribution in [-0.2, 0) is 16.0 Å². The smallest absolute Gasteiger partial charge is 0.310 e. The molecule has 1 unspecified atom stereocenters. The van der Waals surface area contributed by atoms with E-state index < -0.39 is 5.60 Å². The largest absolute Gasteiger partial charge is 0.490 e. The topological polar surface area (TPSA) is 38.8 Å². The van der Waals surface area contributed by atoms with E-state index in [4.69, 9.17) is 15.9 Å². The highest BCUT2D eigenvalue weighted by molar-refractivity contribution is 5.73. The third kappa shape index (κ3) is 3.97. The molecule has 0 amide bonds. The molecular weight excluding hydrogens is 446 g/mol. The summed E-state index contributed by atoms with van der Waals surface area (Å²) in [5, 5.41) is 0. The van der Waals surface area contributed by atoms with Crippen molar-refractivity contribution in [2.24, 2.45) is 23.2 Å². The van der Waals surface area contributed by atoms with Gasteiger partial charge in [0.25, 0.3) is 0 Å². The van der Waals surface area contributed by atoms with E-state index >= 15 is 0 Å². The van der Waals surface area contributed by atoms with Crippen molar-refractivity contribution in [3.05, 3.63) is 29.3 Å². The van der Waals surface area contributed by atoms with Crippen LogP contribution >= 0.6 is 0 Å². The van der Waals surface area contributed by atoms with E-state index in [9.17, 15) is 4.79 Å². The van der Waals surface area contributed by atoms with Gasteiger partial charge in [0.2, 0.25) is 0 Å². The van der Waals surface area contributed by atoms with Gasteiger partial charge in [-0.15, -0.1) is 6.42 Å². The van der Waals surface area contributed by atoms with Crippen molar-refractivity contribution in [2.45, 2.75) is 102 Å². The molecule has 4 heteroatoms. The van der Waals surface area contributed by atoms with Crippen LogP contribution in [0.25, 0.3) is 0 Å². The minimum atomic E-state index is -0.748. The Labute approximate surface area is 217 Å². The zero-order chi connectivity index (χ0) is 24.9. The molecule has 5 atom stereocenters. The first-order chi connectivity index (χ1) is 17.4. The van der Waals surface area contributed by atoms with Crippen LogP contribution in [-0.4, -0.2) is 42.7 Å². The van der Waals surface area contributed by atoms with Gasteiger partial charge in [-0.25, -0.2) is 0 Å². The zero-order valence-corrected chi connectivity index (χ0v) is 22.3. The van der Waals surface area contributed by atoms with Crippen LogP contribution in [0.15, 0.2) is 18.2 Å². The maximum Gasteiger partial charge on any atom is 0.310 e. The number of likely N-dealkylation sites (tertiary alicyclic amines) is 1. The first-order valence-corrected chi connectivity index (χ1v) is 14.6. The summed E-state index contributed by atoms with van der Waals surface area (Å²) in [4.78, 5) is 15.6. The lowest BCUT2D eigenvalue weighted by molar-refractivity contribution is -0.174. The van der Waals surface area contributed by atoms with E-state index in [1.165, 1.54) is 43.2 Å². The normalized spacial score (nSPS) is 37.0. The van der Waals surface area contributed by atoms with Gasteiger partial charge in [0.05, 0.1) is 12.0 Å². The molecule has 5 aliphatic rings. The molecule has 1 saturated heterocycles. The average molecular weight is 490 g/mol. The third-order valence-electron chi connectivity index (χ3n) is 11.0. The monoisotopic (exact) mass is 489 g/mol. The number of fused-ring (bicyclic) bond motifs is 5. The van der Waals surface area contributed by atoms with Crippen LogP contribution in [0.2, 0.25) is 0 Å². The van der Waals surface area contributed by atoms with Crippen molar-refractivity contribution in [2.75, 3.05) is 20.1 Å². The number of rotatable bonds is 4. The maximum atomic E-state index is 13.3. The fourth-order valence-electron chi connectivity index (χ4n) is 8.76. The Bertz CT molecular complexity index is 1030. The predicted octanol–water partition coefficient (Wildman–Crippen LogP) is 6.12. The van der Waals surface area contributed by atoms with Crippen LogP contribution in [0.3, 0.4) is 0 Å². The van der Waals surface area contributed by atoms with E-state index in [1.807, 2.05) is 0 Å². The van der Waals surface area contributed by atoms with Gasteiger partial charge in [0, 0.05) is 5.41 Å². The lowest BCUT2D eigenvalue weighted by atomic mass is 9.53. The standard InChI is InChI=1S/C32H43NO3/c1-4-32(36-30(34)22-15-19-33(3)20-16-22)18-14-29-28-11-9-23-21-25(35-24-7-5-6-8-24)10-12-26(23)27(28)13-17-31(29,32)2/h1,10,12,21-22,24,27-29H,5-9,11,13-20H2,2-3H3/t27-,28-,29+,31+,32?/m1/s1. The summed E-state index contributed by atoms with van der Waals surface area (Å²) in [5.74, 6) is 5.81. The van der Waals surface area contributed by atoms with Crippen molar-refractivity contribution in [1.29, 1.82) is 0 Å². The Morgan fingerprint density at radius 2 is 1.83 bits per heavy atom. The van der Waals surface area contributed by atoms with Crippen LogP contribution in [0, 0.1) is 35.5 Å². The van der Waals surface area contributed by atoms with Crippen molar-refractivity contribution >= 4 is 5.97 Å². The summed E-state index contributed by atoms with van der Waals surface area (Å²) in [6, 6.07) is 6.92. The number of ether oxygens (including phenoxy) is 2. The van der Waals surface area contributed by atoms with Gasteiger partial charge < -0.3 is 14.4 Å². The summed E-state index contributed by atoms with van der Waals surface area (Å²) >= 11 is 0. The first kappa shape index (κ1) is 24.4. The van der Waals surface area contributed by atoms with Gasteiger partial charge in [-0.05, 0) is 138 Å². The van der Waals surface area contributed by atoms with Gasteiger partial charge in [-0.1, -0.05) is 18.9 Å². The van der Waals surface area contributed by atoms with Gasteiger partial charge in [-0.3, -0.25) is 4.79 Å². The van der Waals surface area contributed by atoms with Crippen LogP contribution in [0.5, 0.6) is 5.75 Å². The van der Waals surface area contributed by atoms with E-state index in [0.717, 1.165) is 63.8 Å². The van der Waals surface area contributed by atoms with Crippen LogP contribution < -0.4 is 4.74 Å². The molecule has 1 aromatic carbocycles. The van der Waals surface area contributed by atoms with E-state index in [-0.39, 0.29) is 17.3 Å². The van der Waals surface area contributed by atoms with Crippen molar-refractivity contribution in [1.82, 2.24) is 4.90 Å². The van der Waals surface area contributed by atoms with Crippen LogP contribution in [0.4, 0.5) is 0 Å². The molecule has 0 radical (unpaired) electrons. The fourth-order valence-corrected chi connectivity index (χ4v) is 8.76. The second-order valence-electron chi connectivity index (χ2n) is 12.8. The van der Waals surface area contributed by atoms with Gasteiger partial charge in [0.15, 0.2) is 5.60 Å². The van der Waals surface area contributed by atoms with Crippen molar-refractivity contribution in [3.8, 4) is 18.1 Å². The van der Waals surface area contributed by atoms with Gasteiger partial charge >= 0.3 is 5.97 Å². The molecule has 0 aromatic heterocycles. The Hall–Kier alpha value is -1.99. The Morgan fingerprint density at radius 1 is 1.06 bits per heavy atom. The third-order valence-corrected chi connectivity index (χ3v) is 11.0. The molecule has 4 nitrogen and oxygen atoms in total. The molecule has 194 valence electrons. The number of benzene rings is 1.